The topological polar surface area (TPSA) is 29.1 Å². The molecule has 110 valence electrons. The van der Waals surface area contributed by atoms with Gasteiger partial charge in [-0.25, -0.2) is 0 Å². The van der Waals surface area contributed by atoms with Gasteiger partial charge in [-0.1, -0.05) is 49.2 Å². The molecule has 0 saturated heterocycles. The average molecular weight is 299 g/mol. The molecule has 2 aromatic rings. The van der Waals surface area contributed by atoms with Crippen LogP contribution in [-0.2, 0) is 16.6 Å². The number of thiophene rings is 1. The van der Waals surface area contributed by atoms with E-state index in [-0.39, 0.29) is 11.3 Å². The maximum atomic E-state index is 12.8. The minimum absolute atomic E-state index is 0.211. The van der Waals surface area contributed by atoms with Gasteiger partial charge in [0.1, 0.15) is 0 Å². The van der Waals surface area contributed by atoms with Gasteiger partial charge in [0, 0.05) is 11.4 Å². The highest BCUT2D eigenvalue weighted by atomic mass is 32.1. The highest BCUT2D eigenvalue weighted by Crippen LogP contribution is 2.41. The summed E-state index contributed by atoms with van der Waals surface area (Å²) in [4.78, 5) is 14.1. The number of hydrogen-bond acceptors (Lipinski definition) is 2. The first-order chi connectivity index (χ1) is 10.3. The highest BCUT2D eigenvalue weighted by molar-refractivity contribution is 7.09. The molecule has 1 amide bonds. The second-order valence-corrected chi connectivity index (χ2v) is 6.77. The molecule has 1 aliphatic rings. The van der Waals surface area contributed by atoms with Gasteiger partial charge in [-0.05, 0) is 36.3 Å². The molecule has 1 aromatic heterocycles. The number of hydrogen-bond donors (Lipinski definition) is 1. The van der Waals surface area contributed by atoms with Crippen molar-refractivity contribution in [2.45, 2.75) is 37.5 Å². The van der Waals surface area contributed by atoms with E-state index in [2.05, 4.69) is 35.0 Å². The molecule has 1 saturated carbocycles. The standard InChI is InChI=1S/C18H21NOS/c20-17(19-13-10-16-9-6-14-21-16)18(11-4-5-12-18)15-7-2-1-3-8-15/h1-3,6-9,14H,4-5,10-13H2,(H,19,20). The van der Waals surface area contributed by atoms with E-state index in [1.807, 2.05) is 18.2 Å². The molecule has 1 heterocycles. The van der Waals surface area contributed by atoms with Gasteiger partial charge in [0.15, 0.2) is 0 Å². The first kappa shape index (κ1) is 14.3. The molecule has 0 aliphatic heterocycles. The molecule has 1 N–H and O–H groups in total. The molecular weight excluding hydrogens is 278 g/mol. The molecule has 0 radical (unpaired) electrons. The van der Waals surface area contributed by atoms with Crippen molar-refractivity contribution < 1.29 is 4.79 Å². The highest BCUT2D eigenvalue weighted by Gasteiger charge is 2.42. The van der Waals surface area contributed by atoms with Crippen molar-refractivity contribution in [1.82, 2.24) is 5.32 Å². The summed E-state index contributed by atoms with van der Waals surface area (Å²) in [7, 11) is 0. The van der Waals surface area contributed by atoms with E-state index in [1.54, 1.807) is 11.3 Å². The zero-order valence-corrected chi connectivity index (χ0v) is 13.0. The zero-order chi connectivity index (χ0) is 14.5. The van der Waals surface area contributed by atoms with Crippen molar-refractivity contribution in [3.05, 3.63) is 58.3 Å². The van der Waals surface area contributed by atoms with Crippen LogP contribution in [0.3, 0.4) is 0 Å². The fourth-order valence-electron chi connectivity index (χ4n) is 3.31. The smallest absolute Gasteiger partial charge is 0.230 e. The van der Waals surface area contributed by atoms with Crippen molar-refractivity contribution in [3.63, 3.8) is 0 Å². The average Bonchev–Trinajstić information content (AvgIpc) is 3.20. The van der Waals surface area contributed by atoms with Crippen molar-refractivity contribution in [1.29, 1.82) is 0 Å². The fourth-order valence-corrected chi connectivity index (χ4v) is 4.01. The summed E-state index contributed by atoms with van der Waals surface area (Å²) in [5.74, 6) is 0.211. The number of carbonyl (C=O) groups excluding carboxylic acids is 1. The third-order valence-electron chi connectivity index (χ3n) is 4.46. The van der Waals surface area contributed by atoms with Crippen LogP contribution >= 0.6 is 11.3 Å². The van der Waals surface area contributed by atoms with Gasteiger partial charge < -0.3 is 5.32 Å². The van der Waals surface area contributed by atoms with Crippen LogP contribution in [0, 0.1) is 0 Å². The van der Waals surface area contributed by atoms with E-state index in [1.165, 1.54) is 10.4 Å². The van der Waals surface area contributed by atoms with Crippen LogP contribution < -0.4 is 5.32 Å². The minimum Gasteiger partial charge on any atom is -0.355 e. The molecule has 3 rings (SSSR count). The van der Waals surface area contributed by atoms with Gasteiger partial charge in [-0.2, -0.15) is 0 Å². The van der Waals surface area contributed by atoms with Crippen LogP contribution in [0.25, 0.3) is 0 Å². The normalized spacial score (nSPS) is 16.8. The lowest BCUT2D eigenvalue weighted by molar-refractivity contribution is -0.126. The molecule has 0 bridgehead atoms. The first-order valence-electron chi connectivity index (χ1n) is 7.67. The van der Waals surface area contributed by atoms with Crippen LogP contribution in [0.2, 0.25) is 0 Å². The maximum Gasteiger partial charge on any atom is 0.230 e. The van der Waals surface area contributed by atoms with Gasteiger partial charge in [-0.15, -0.1) is 11.3 Å². The minimum atomic E-state index is -0.295. The summed E-state index contributed by atoms with van der Waals surface area (Å²) < 4.78 is 0. The maximum absolute atomic E-state index is 12.8. The van der Waals surface area contributed by atoms with Crippen molar-refractivity contribution in [2.75, 3.05) is 6.54 Å². The van der Waals surface area contributed by atoms with Gasteiger partial charge in [0.05, 0.1) is 5.41 Å². The summed E-state index contributed by atoms with van der Waals surface area (Å²) in [6.07, 6.45) is 5.17. The van der Waals surface area contributed by atoms with E-state index in [4.69, 9.17) is 0 Å². The van der Waals surface area contributed by atoms with Crippen molar-refractivity contribution in [2.24, 2.45) is 0 Å². The number of amides is 1. The van der Waals surface area contributed by atoms with Crippen LogP contribution in [0.5, 0.6) is 0 Å². The second kappa shape index (κ2) is 6.44. The van der Waals surface area contributed by atoms with Gasteiger partial charge in [0.2, 0.25) is 5.91 Å². The molecule has 3 heteroatoms. The first-order valence-corrected chi connectivity index (χ1v) is 8.55. The Bertz CT molecular complexity index is 571. The predicted octanol–water partition coefficient (Wildman–Crippen LogP) is 3.92. The fraction of sp³-hybridized carbons (Fsp3) is 0.389. The lowest BCUT2D eigenvalue weighted by Gasteiger charge is -2.28. The Morgan fingerprint density at radius 2 is 1.86 bits per heavy atom. The summed E-state index contributed by atoms with van der Waals surface area (Å²) in [6, 6.07) is 14.5. The van der Waals surface area contributed by atoms with E-state index < -0.39 is 0 Å². The van der Waals surface area contributed by atoms with E-state index >= 15 is 0 Å². The van der Waals surface area contributed by atoms with Crippen LogP contribution in [0.15, 0.2) is 47.8 Å². The molecule has 1 aliphatic carbocycles. The molecule has 0 spiro atoms. The van der Waals surface area contributed by atoms with Crippen LogP contribution in [0.4, 0.5) is 0 Å². The van der Waals surface area contributed by atoms with E-state index in [0.717, 1.165) is 38.6 Å². The van der Waals surface area contributed by atoms with Gasteiger partial charge >= 0.3 is 0 Å². The summed E-state index contributed by atoms with van der Waals surface area (Å²) in [6.45, 7) is 0.730. The second-order valence-electron chi connectivity index (χ2n) is 5.74. The van der Waals surface area contributed by atoms with Crippen LogP contribution in [-0.4, -0.2) is 12.5 Å². The van der Waals surface area contributed by atoms with Crippen LogP contribution in [0.1, 0.15) is 36.1 Å². The summed E-state index contributed by atoms with van der Waals surface area (Å²) >= 11 is 1.75. The lowest BCUT2D eigenvalue weighted by atomic mass is 9.78. The molecular formula is C18H21NOS. The van der Waals surface area contributed by atoms with Gasteiger partial charge in [0.25, 0.3) is 0 Å². The Kier molecular flexibility index (Phi) is 4.39. The monoisotopic (exact) mass is 299 g/mol. The molecule has 1 fully saturated rings. The summed E-state index contributed by atoms with van der Waals surface area (Å²) in [5, 5.41) is 5.25. The number of rotatable bonds is 5. The Balaban J connectivity index is 1.68. The molecule has 1 aromatic carbocycles. The predicted molar refractivity (Wildman–Crippen MR) is 87.6 cm³/mol. The van der Waals surface area contributed by atoms with Crippen molar-refractivity contribution in [3.8, 4) is 0 Å². The van der Waals surface area contributed by atoms with Gasteiger partial charge in [-0.3, -0.25) is 4.79 Å². The largest absolute Gasteiger partial charge is 0.355 e. The number of carbonyl (C=O) groups is 1. The molecule has 2 nitrogen and oxygen atoms in total. The summed E-state index contributed by atoms with van der Waals surface area (Å²) in [5.41, 5.74) is 0.882. The number of nitrogens with one attached hydrogen (secondary N) is 1. The quantitative estimate of drug-likeness (QED) is 0.891. The Hall–Kier alpha value is -1.61. The van der Waals surface area contributed by atoms with Crippen molar-refractivity contribution >= 4 is 17.2 Å². The third-order valence-corrected chi connectivity index (χ3v) is 5.39. The number of benzene rings is 1. The molecule has 0 unspecified atom stereocenters. The Morgan fingerprint density at radius 1 is 1.10 bits per heavy atom. The third kappa shape index (κ3) is 3.03. The zero-order valence-electron chi connectivity index (χ0n) is 12.2. The Morgan fingerprint density at radius 3 is 2.52 bits per heavy atom. The molecule has 0 atom stereocenters. The lowest BCUT2D eigenvalue weighted by Crippen LogP contribution is -2.43. The van der Waals surface area contributed by atoms with E-state index in [9.17, 15) is 4.79 Å². The van der Waals surface area contributed by atoms with E-state index in [0.29, 0.717) is 0 Å². The Labute approximate surface area is 130 Å². The SMILES string of the molecule is O=C(NCCc1cccs1)C1(c2ccccc2)CCCC1. The molecule has 21 heavy (non-hydrogen) atoms.